The summed E-state index contributed by atoms with van der Waals surface area (Å²) in [6.45, 7) is 0.720. The summed E-state index contributed by atoms with van der Waals surface area (Å²) in [5.41, 5.74) is 0.998. The Labute approximate surface area is 145 Å². The lowest BCUT2D eigenvalue weighted by Crippen LogP contribution is -2.35. The van der Waals surface area contributed by atoms with E-state index in [0.717, 1.165) is 24.9 Å². The predicted molar refractivity (Wildman–Crippen MR) is 88.6 cm³/mol. The van der Waals surface area contributed by atoms with Gasteiger partial charge in [0.05, 0.1) is 22.0 Å². The van der Waals surface area contributed by atoms with E-state index in [2.05, 4.69) is 0 Å². The van der Waals surface area contributed by atoms with Gasteiger partial charge in [-0.15, -0.1) is 0 Å². The predicted octanol–water partition coefficient (Wildman–Crippen LogP) is 4.16. The minimum absolute atomic E-state index is 0.0149. The Morgan fingerprint density at radius 1 is 1.09 bits per heavy atom. The van der Waals surface area contributed by atoms with Crippen molar-refractivity contribution in [1.29, 1.82) is 0 Å². The fourth-order valence-corrected chi connectivity index (χ4v) is 4.07. The number of hydrogen-bond donors (Lipinski definition) is 1. The molecule has 2 fully saturated rings. The molecular formula is C17H19Cl2NO3. The minimum Gasteiger partial charge on any atom is -0.481 e. The summed E-state index contributed by atoms with van der Waals surface area (Å²) in [4.78, 5) is 25.8. The second-order valence-corrected chi connectivity index (χ2v) is 7.22. The van der Waals surface area contributed by atoms with E-state index in [1.54, 1.807) is 6.07 Å². The van der Waals surface area contributed by atoms with Gasteiger partial charge in [0.25, 0.3) is 0 Å². The van der Waals surface area contributed by atoms with E-state index in [4.69, 9.17) is 28.3 Å². The first-order valence-electron chi connectivity index (χ1n) is 7.95. The average molecular weight is 356 g/mol. The van der Waals surface area contributed by atoms with E-state index in [-0.39, 0.29) is 23.8 Å². The number of likely N-dealkylation sites (tertiary alicyclic amines) is 1. The third-order valence-electron chi connectivity index (χ3n) is 5.00. The van der Waals surface area contributed by atoms with Crippen LogP contribution in [0.3, 0.4) is 0 Å². The molecule has 0 spiro atoms. The van der Waals surface area contributed by atoms with Gasteiger partial charge in [-0.3, -0.25) is 9.59 Å². The lowest BCUT2D eigenvalue weighted by atomic mass is 10.0. The van der Waals surface area contributed by atoms with Crippen molar-refractivity contribution in [3.63, 3.8) is 0 Å². The van der Waals surface area contributed by atoms with Crippen LogP contribution in [0.25, 0.3) is 0 Å². The molecule has 0 radical (unpaired) electrons. The number of hydrogen-bond acceptors (Lipinski definition) is 2. The Kier molecular flexibility index (Phi) is 4.83. The fourth-order valence-electron chi connectivity index (χ4n) is 3.76. The second-order valence-electron chi connectivity index (χ2n) is 6.41. The zero-order valence-corrected chi connectivity index (χ0v) is 14.2. The Morgan fingerprint density at radius 2 is 1.83 bits per heavy atom. The van der Waals surface area contributed by atoms with E-state index in [1.165, 1.54) is 0 Å². The number of nitrogens with zero attached hydrogens (tertiary/aromatic N) is 1. The van der Waals surface area contributed by atoms with Crippen LogP contribution in [0.15, 0.2) is 18.2 Å². The number of carbonyl (C=O) groups is 2. The van der Waals surface area contributed by atoms with E-state index in [1.807, 2.05) is 17.0 Å². The van der Waals surface area contributed by atoms with Crippen LogP contribution in [0.4, 0.5) is 0 Å². The van der Waals surface area contributed by atoms with Crippen molar-refractivity contribution >= 4 is 35.1 Å². The van der Waals surface area contributed by atoms with Crippen LogP contribution in [0, 0.1) is 11.8 Å². The van der Waals surface area contributed by atoms with Crippen molar-refractivity contribution in [1.82, 2.24) is 4.90 Å². The van der Waals surface area contributed by atoms with Crippen molar-refractivity contribution in [3.8, 4) is 0 Å². The van der Waals surface area contributed by atoms with E-state index in [9.17, 15) is 9.59 Å². The summed E-state index contributed by atoms with van der Waals surface area (Å²) < 4.78 is 0. The molecular weight excluding hydrogens is 337 g/mol. The maximum Gasteiger partial charge on any atom is 0.306 e. The molecule has 1 saturated carbocycles. The average Bonchev–Trinajstić information content (AvgIpc) is 3.18. The van der Waals surface area contributed by atoms with Crippen LogP contribution in [0.5, 0.6) is 0 Å². The molecule has 6 heteroatoms. The number of amides is 1. The second kappa shape index (κ2) is 6.70. The summed E-state index contributed by atoms with van der Waals surface area (Å²) >= 11 is 12.1. The molecule has 3 rings (SSSR count). The highest BCUT2D eigenvalue weighted by Gasteiger charge is 2.39. The van der Waals surface area contributed by atoms with Gasteiger partial charge in [0, 0.05) is 12.5 Å². The quantitative estimate of drug-likeness (QED) is 0.885. The SMILES string of the molecule is O=C(O)[C@@H]1CC[C@H](C(=O)N2CCCC2c2ccc(Cl)c(Cl)c2)C1. The lowest BCUT2D eigenvalue weighted by Gasteiger charge is -2.28. The Bertz CT molecular complexity index is 634. The van der Waals surface area contributed by atoms with Crippen molar-refractivity contribution < 1.29 is 14.7 Å². The van der Waals surface area contributed by atoms with Crippen molar-refractivity contribution in [3.05, 3.63) is 33.8 Å². The van der Waals surface area contributed by atoms with Gasteiger partial charge in [0.1, 0.15) is 0 Å². The number of aliphatic carboxylic acids is 1. The molecule has 1 unspecified atom stereocenters. The zero-order chi connectivity index (χ0) is 16.6. The van der Waals surface area contributed by atoms with Crippen LogP contribution in [0.2, 0.25) is 10.0 Å². The number of carbonyl (C=O) groups excluding carboxylic acids is 1. The normalized spacial score (nSPS) is 27.4. The molecule has 1 aliphatic heterocycles. The molecule has 1 aromatic carbocycles. The maximum absolute atomic E-state index is 12.8. The number of carboxylic acids is 1. The number of benzene rings is 1. The number of carboxylic acid groups (broad SMARTS) is 1. The van der Waals surface area contributed by atoms with Crippen molar-refractivity contribution in [2.24, 2.45) is 11.8 Å². The highest BCUT2D eigenvalue weighted by atomic mass is 35.5. The molecule has 1 aliphatic carbocycles. The van der Waals surface area contributed by atoms with Crippen molar-refractivity contribution in [2.75, 3.05) is 6.54 Å². The van der Waals surface area contributed by atoms with Gasteiger partial charge in [0.2, 0.25) is 5.91 Å². The first-order chi connectivity index (χ1) is 11.0. The monoisotopic (exact) mass is 355 g/mol. The fraction of sp³-hybridized carbons (Fsp3) is 0.529. The summed E-state index contributed by atoms with van der Waals surface area (Å²) in [6.07, 6.45) is 3.57. The van der Waals surface area contributed by atoms with E-state index < -0.39 is 5.97 Å². The first kappa shape index (κ1) is 16.6. The summed E-state index contributed by atoms with van der Waals surface area (Å²) in [7, 11) is 0. The maximum atomic E-state index is 12.8. The van der Waals surface area contributed by atoms with Crippen LogP contribution >= 0.6 is 23.2 Å². The molecule has 0 bridgehead atoms. The molecule has 1 aromatic rings. The standard InChI is InChI=1S/C17H19Cl2NO3/c18-13-6-5-10(9-14(13)19)15-2-1-7-20(15)16(21)11-3-4-12(8-11)17(22)23/h5-6,9,11-12,15H,1-4,7-8H2,(H,22,23)/t11-,12+,15?/m0/s1. The van der Waals surface area contributed by atoms with Crippen LogP contribution in [-0.2, 0) is 9.59 Å². The van der Waals surface area contributed by atoms with Crippen LogP contribution < -0.4 is 0 Å². The first-order valence-corrected chi connectivity index (χ1v) is 8.71. The molecule has 1 saturated heterocycles. The van der Waals surface area contributed by atoms with Crippen molar-refractivity contribution in [2.45, 2.75) is 38.1 Å². The molecule has 23 heavy (non-hydrogen) atoms. The molecule has 1 amide bonds. The van der Waals surface area contributed by atoms with Crippen LogP contribution in [-0.4, -0.2) is 28.4 Å². The van der Waals surface area contributed by atoms with Gasteiger partial charge < -0.3 is 10.0 Å². The summed E-state index contributed by atoms with van der Waals surface area (Å²) in [6, 6.07) is 5.52. The van der Waals surface area contributed by atoms with Gasteiger partial charge >= 0.3 is 5.97 Å². The smallest absolute Gasteiger partial charge is 0.306 e. The molecule has 1 N–H and O–H groups in total. The molecule has 124 valence electrons. The number of rotatable bonds is 3. The topological polar surface area (TPSA) is 57.6 Å². The third kappa shape index (κ3) is 3.33. The highest BCUT2D eigenvalue weighted by Crippen LogP contribution is 2.39. The van der Waals surface area contributed by atoms with Gasteiger partial charge in [-0.1, -0.05) is 29.3 Å². The van der Waals surface area contributed by atoms with Crippen LogP contribution in [0.1, 0.15) is 43.7 Å². The number of halogens is 2. The minimum atomic E-state index is -0.789. The molecule has 3 atom stereocenters. The summed E-state index contributed by atoms with van der Waals surface area (Å²) in [5.74, 6) is -1.25. The molecule has 0 aromatic heterocycles. The van der Waals surface area contributed by atoms with Gasteiger partial charge in [0.15, 0.2) is 0 Å². The Hall–Kier alpha value is -1.26. The molecule has 4 nitrogen and oxygen atoms in total. The Morgan fingerprint density at radius 3 is 2.48 bits per heavy atom. The van der Waals surface area contributed by atoms with Gasteiger partial charge in [-0.2, -0.15) is 0 Å². The third-order valence-corrected chi connectivity index (χ3v) is 5.73. The molecule has 1 heterocycles. The largest absolute Gasteiger partial charge is 0.481 e. The Balaban J connectivity index is 1.75. The highest BCUT2D eigenvalue weighted by molar-refractivity contribution is 6.42. The van der Waals surface area contributed by atoms with Gasteiger partial charge in [-0.05, 0) is 49.8 Å². The zero-order valence-electron chi connectivity index (χ0n) is 12.7. The van der Waals surface area contributed by atoms with E-state index in [0.29, 0.717) is 29.3 Å². The lowest BCUT2D eigenvalue weighted by molar-refractivity contribution is -0.141. The molecule has 2 aliphatic rings. The van der Waals surface area contributed by atoms with Gasteiger partial charge in [-0.25, -0.2) is 0 Å². The van der Waals surface area contributed by atoms with E-state index >= 15 is 0 Å². The summed E-state index contributed by atoms with van der Waals surface area (Å²) in [5, 5.41) is 10.1.